The molecule has 2 rings (SSSR count). The van der Waals surface area contributed by atoms with Gasteiger partial charge in [-0.05, 0) is 0 Å². The van der Waals surface area contributed by atoms with E-state index >= 15 is 0 Å². The van der Waals surface area contributed by atoms with E-state index in [0.29, 0.717) is 6.54 Å². The van der Waals surface area contributed by atoms with Crippen molar-refractivity contribution in [3.63, 3.8) is 0 Å². The van der Waals surface area contributed by atoms with Gasteiger partial charge in [-0.2, -0.15) is 0 Å². The average Bonchev–Trinajstić information content (AvgIpc) is 2.74. The molecule has 0 fully saturated rings. The average molecular weight is 183 g/mol. The second kappa shape index (κ2) is 3.62. The van der Waals surface area contributed by atoms with Crippen LogP contribution in [0.25, 0.3) is 0 Å². The predicted octanol–water partition coefficient (Wildman–Crippen LogP) is 0.867. The van der Waals surface area contributed by atoms with Crippen molar-refractivity contribution in [2.75, 3.05) is 12.3 Å². The quantitative estimate of drug-likeness (QED) is 0.739. The molecule has 0 aliphatic carbocycles. The molecule has 0 saturated heterocycles. The molecule has 2 heterocycles. The van der Waals surface area contributed by atoms with Crippen LogP contribution in [0.3, 0.4) is 0 Å². The highest BCUT2D eigenvalue weighted by Crippen LogP contribution is 2.09. The lowest BCUT2D eigenvalue weighted by atomic mass is 10.4. The maximum Gasteiger partial charge on any atom is 0.156 e. The second-order valence-electron chi connectivity index (χ2n) is 2.38. The highest BCUT2D eigenvalue weighted by Gasteiger charge is 2.06. The van der Waals surface area contributed by atoms with Crippen molar-refractivity contribution in [1.29, 1.82) is 0 Å². The molecule has 0 atom stereocenters. The van der Waals surface area contributed by atoms with Gasteiger partial charge in [0.1, 0.15) is 12.0 Å². The molecule has 0 bridgehead atoms. The zero-order chi connectivity index (χ0) is 8.23. The van der Waals surface area contributed by atoms with E-state index < -0.39 is 0 Å². The maximum atomic E-state index is 4.69. The van der Waals surface area contributed by atoms with Gasteiger partial charge < -0.3 is 9.84 Å². The Morgan fingerprint density at radius 1 is 1.67 bits per heavy atom. The Morgan fingerprint density at radius 2 is 2.67 bits per heavy atom. The first kappa shape index (κ1) is 7.67. The summed E-state index contributed by atoms with van der Waals surface area (Å²) in [6.07, 6.45) is 1.57. The van der Waals surface area contributed by atoms with Crippen LogP contribution in [-0.4, -0.2) is 22.6 Å². The van der Waals surface area contributed by atoms with Crippen molar-refractivity contribution in [2.45, 2.75) is 6.54 Å². The summed E-state index contributed by atoms with van der Waals surface area (Å²) in [5, 5.41) is 7.96. The summed E-state index contributed by atoms with van der Waals surface area (Å²) in [5.41, 5.74) is 0.908. The van der Waals surface area contributed by atoms with E-state index in [4.69, 9.17) is 4.52 Å². The molecule has 64 valence electrons. The molecule has 1 N–H and O–H groups in total. The molecule has 1 aromatic heterocycles. The monoisotopic (exact) mass is 183 g/mol. The largest absolute Gasteiger partial charge is 0.364 e. The third-order valence-corrected chi connectivity index (χ3v) is 2.43. The molecule has 0 aromatic carbocycles. The van der Waals surface area contributed by atoms with Gasteiger partial charge in [-0.15, -0.1) is 0 Å². The Hall–Kier alpha value is -0.970. The number of hydrogen-bond acceptors (Lipinski definition) is 5. The Labute approximate surface area is 74.4 Å². The summed E-state index contributed by atoms with van der Waals surface area (Å²) in [6, 6.07) is 1.84. The van der Waals surface area contributed by atoms with Gasteiger partial charge in [-0.1, -0.05) is 16.9 Å². The van der Waals surface area contributed by atoms with Gasteiger partial charge in [0, 0.05) is 11.8 Å². The number of nitrogens with one attached hydrogen (secondary N) is 1. The minimum atomic E-state index is 0.697. The number of rotatable bonds is 2. The second-order valence-corrected chi connectivity index (χ2v) is 3.46. The molecule has 1 aromatic rings. The van der Waals surface area contributed by atoms with Gasteiger partial charge in [0.25, 0.3) is 0 Å². The Bertz CT molecular complexity index is 270. The van der Waals surface area contributed by atoms with Crippen LogP contribution >= 0.6 is 11.8 Å². The van der Waals surface area contributed by atoms with Gasteiger partial charge in [-0.25, -0.2) is 0 Å². The van der Waals surface area contributed by atoms with Gasteiger partial charge >= 0.3 is 0 Å². The molecule has 5 heteroatoms. The number of hydrogen-bond donors (Lipinski definition) is 1. The topological polar surface area (TPSA) is 50.4 Å². The third kappa shape index (κ3) is 1.79. The fraction of sp³-hybridized carbons (Fsp3) is 0.429. The Balaban J connectivity index is 1.82. The standard InChI is InChI=1S/C7H9N3OS/c1-3-11-10-6(1)5-9-7-8-2-4-12-7/h1,3H,2,4-5H2,(H,8,9). The summed E-state index contributed by atoms with van der Waals surface area (Å²) in [6.45, 7) is 1.62. The predicted molar refractivity (Wildman–Crippen MR) is 48.1 cm³/mol. The van der Waals surface area contributed by atoms with Gasteiger partial charge in [-0.3, -0.25) is 4.99 Å². The fourth-order valence-corrected chi connectivity index (χ4v) is 1.67. The third-order valence-electron chi connectivity index (χ3n) is 1.50. The molecule has 1 aliphatic heterocycles. The van der Waals surface area contributed by atoms with Gasteiger partial charge in [0.2, 0.25) is 0 Å². The maximum absolute atomic E-state index is 4.69. The zero-order valence-electron chi connectivity index (χ0n) is 6.49. The lowest BCUT2D eigenvalue weighted by molar-refractivity contribution is 0.411. The van der Waals surface area contributed by atoms with Crippen LogP contribution in [0.1, 0.15) is 5.69 Å². The molecule has 1 aliphatic rings. The zero-order valence-corrected chi connectivity index (χ0v) is 7.30. The van der Waals surface area contributed by atoms with E-state index in [2.05, 4.69) is 15.5 Å². The molecule has 4 nitrogen and oxygen atoms in total. The summed E-state index contributed by atoms with van der Waals surface area (Å²) in [7, 11) is 0. The van der Waals surface area contributed by atoms with Crippen molar-refractivity contribution in [2.24, 2.45) is 4.99 Å². The van der Waals surface area contributed by atoms with E-state index in [1.54, 1.807) is 18.0 Å². The summed E-state index contributed by atoms with van der Waals surface area (Å²) < 4.78 is 4.69. The molecular weight excluding hydrogens is 174 g/mol. The number of thioether (sulfide) groups is 1. The first-order valence-corrected chi connectivity index (χ1v) is 4.74. The molecule has 0 saturated carbocycles. The first-order chi connectivity index (χ1) is 5.95. The van der Waals surface area contributed by atoms with E-state index in [1.807, 2.05) is 6.07 Å². The fourth-order valence-electron chi connectivity index (χ4n) is 0.937. The van der Waals surface area contributed by atoms with Gasteiger partial charge in [0.15, 0.2) is 5.17 Å². The van der Waals surface area contributed by atoms with Crippen molar-refractivity contribution in [1.82, 2.24) is 10.5 Å². The number of aromatic nitrogens is 1. The van der Waals surface area contributed by atoms with Crippen LogP contribution in [0.5, 0.6) is 0 Å². The minimum Gasteiger partial charge on any atom is -0.364 e. The van der Waals surface area contributed by atoms with Crippen LogP contribution in [0.2, 0.25) is 0 Å². The lowest BCUT2D eigenvalue weighted by Gasteiger charge is -2.00. The molecule has 0 amide bonds. The highest BCUT2D eigenvalue weighted by atomic mass is 32.2. The molecule has 0 spiro atoms. The lowest BCUT2D eigenvalue weighted by Crippen LogP contribution is -2.18. The first-order valence-electron chi connectivity index (χ1n) is 3.75. The van der Waals surface area contributed by atoms with E-state index in [-0.39, 0.29) is 0 Å². The van der Waals surface area contributed by atoms with E-state index in [0.717, 1.165) is 23.2 Å². The molecule has 0 radical (unpaired) electrons. The Kier molecular flexibility index (Phi) is 2.31. The SMILES string of the molecule is c1cc(CNC2=NCCS2)no1. The molecule has 12 heavy (non-hydrogen) atoms. The number of nitrogens with zero attached hydrogens (tertiary/aromatic N) is 2. The van der Waals surface area contributed by atoms with Crippen molar-refractivity contribution >= 4 is 16.9 Å². The minimum absolute atomic E-state index is 0.697. The van der Waals surface area contributed by atoms with Crippen LogP contribution < -0.4 is 5.32 Å². The van der Waals surface area contributed by atoms with Crippen LogP contribution in [0, 0.1) is 0 Å². The van der Waals surface area contributed by atoms with Crippen LogP contribution in [0.4, 0.5) is 0 Å². The van der Waals surface area contributed by atoms with E-state index in [9.17, 15) is 0 Å². The van der Waals surface area contributed by atoms with Crippen molar-refractivity contribution in [3.8, 4) is 0 Å². The van der Waals surface area contributed by atoms with Gasteiger partial charge in [0.05, 0.1) is 13.1 Å². The normalized spacial score (nSPS) is 16.2. The summed E-state index contributed by atoms with van der Waals surface area (Å²) in [4.78, 5) is 4.25. The van der Waals surface area contributed by atoms with Crippen molar-refractivity contribution < 1.29 is 4.52 Å². The molecular formula is C7H9N3OS. The summed E-state index contributed by atoms with van der Waals surface area (Å²) in [5.74, 6) is 1.08. The van der Waals surface area contributed by atoms with Crippen LogP contribution in [-0.2, 0) is 6.54 Å². The highest BCUT2D eigenvalue weighted by molar-refractivity contribution is 8.14. The molecule has 0 unspecified atom stereocenters. The smallest absolute Gasteiger partial charge is 0.156 e. The summed E-state index contributed by atoms with van der Waals surface area (Å²) >= 11 is 1.74. The van der Waals surface area contributed by atoms with Crippen molar-refractivity contribution in [3.05, 3.63) is 18.0 Å². The number of aliphatic imine (C=N–C) groups is 1. The Morgan fingerprint density at radius 3 is 3.33 bits per heavy atom. The van der Waals surface area contributed by atoms with E-state index in [1.165, 1.54) is 0 Å². The van der Waals surface area contributed by atoms with Crippen LogP contribution in [0.15, 0.2) is 21.8 Å². The number of amidine groups is 1.